The molecule has 0 saturated heterocycles. The lowest BCUT2D eigenvalue weighted by molar-refractivity contribution is -0.479. The molecule has 0 fully saturated rings. The van der Waals surface area contributed by atoms with Gasteiger partial charge in [0.05, 0.1) is 14.2 Å². The molecule has 0 saturated carbocycles. The molecule has 2 aromatic rings. The number of thioether (sulfide) groups is 1. The molecule has 0 radical (unpaired) electrons. The Bertz CT molecular complexity index is 694. The van der Waals surface area contributed by atoms with Crippen molar-refractivity contribution < 1.29 is 14.4 Å². The van der Waals surface area contributed by atoms with Crippen molar-refractivity contribution >= 4 is 17.4 Å². The van der Waals surface area contributed by atoms with Crippen LogP contribution in [-0.4, -0.2) is 25.7 Å². The van der Waals surface area contributed by atoms with Crippen LogP contribution in [-0.2, 0) is 0 Å². The third-order valence-electron chi connectivity index (χ3n) is 3.29. The fourth-order valence-electron chi connectivity index (χ4n) is 2.16. The number of hydrogen-bond donors (Lipinski definition) is 1. The summed E-state index contributed by atoms with van der Waals surface area (Å²) >= 11 is 1.35. The van der Waals surface area contributed by atoms with E-state index in [2.05, 4.69) is 0 Å². The number of ether oxygens (including phenoxy) is 2. The van der Waals surface area contributed by atoms with Gasteiger partial charge in [-0.1, -0.05) is 18.2 Å². The standard InChI is InChI=1S/C16H18N2O4S/c1-21-11-7-8-12(14(9-11)22-2)16(10-18(19)20)23-15-6-4-3-5-13(15)17/h3-9,16H,10,17H2,1-2H3/t16-/m0/s1. The lowest BCUT2D eigenvalue weighted by Gasteiger charge is -2.18. The Kier molecular flexibility index (Phi) is 5.70. The van der Waals surface area contributed by atoms with Crippen LogP contribution in [0.5, 0.6) is 11.5 Å². The van der Waals surface area contributed by atoms with Gasteiger partial charge in [0.15, 0.2) is 0 Å². The van der Waals surface area contributed by atoms with Crippen LogP contribution in [0.1, 0.15) is 10.8 Å². The fourth-order valence-corrected chi connectivity index (χ4v) is 3.35. The Balaban J connectivity index is 2.39. The Morgan fingerprint density at radius 3 is 2.57 bits per heavy atom. The molecule has 2 rings (SSSR count). The van der Waals surface area contributed by atoms with Gasteiger partial charge in [-0.2, -0.15) is 0 Å². The molecule has 122 valence electrons. The second-order valence-corrected chi connectivity index (χ2v) is 6.01. The molecule has 0 aromatic heterocycles. The van der Waals surface area contributed by atoms with Crippen LogP contribution in [0.2, 0.25) is 0 Å². The minimum Gasteiger partial charge on any atom is -0.497 e. The summed E-state index contributed by atoms with van der Waals surface area (Å²) in [5.41, 5.74) is 7.28. The number of nitrogen functional groups attached to an aromatic ring is 1. The molecule has 6 nitrogen and oxygen atoms in total. The summed E-state index contributed by atoms with van der Waals surface area (Å²) in [7, 11) is 3.09. The monoisotopic (exact) mass is 334 g/mol. The van der Waals surface area contributed by atoms with Gasteiger partial charge in [0, 0.05) is 27.1 Å². The summed E-state index contributed by atoms with van der Waals surface area (Å²) in [5, 5.41) is 10.7. The van der Waals surface area contributed by atoms with E-state index >= 15 is 0 Å². The highest BCUT2D eigenvalue weighted by Gasteiger charge is 2.24. The summed E-state index contributed by atoms with van der Waals surface area (Å²) in [5.74, 6) is 1.19. The van der Waals surface area contributed by atoms with Crippen molar-refractivity contribution in [1.82, 2.24) is 0 Å². The van der Waals surface area contributed by atoms with Crippen molar-refractivity contribution in [2.24, 2.45) is 0 Å². The zero-order valence-corrected chi connectivity index (χ0v) is 13.7. The third-order valence-corrected chi connectivity index (χ3v) is 4.60. The summed E-state index contributed by atoms with van der Waals surface area (Å²) in [6.07, 6.45) is 0. The molecule has 0 unspecified atom stereocenters. The predicted octanol–water partition coefficient (Wildman–Crippen LogP) is 3.40. The summed E-state index contributed by atoms with van der Waals surface area (Å²) in [4.78, 5) is 11.5. The smallest absolute Gasteiger partial charge is 0.220 e. The molecular formula is C16H18N2O4S. The van der Waals surface area contributed by atoms with Gasteiger partial charge < -0.3 is 15.2 Å². The molecule has 7 heteroatoms. The Labute approximate surface area is 138 Å². The van der Waals surface area contributed by atoms with E-state index in [1.54, 1.807) is 31.4 Å². The van der Waals surface area contributed by atoms with Crippen molar-refractivity contribution in [1.29, 1.82) is 0 Å². The number of rotatable bonds is 7. The lowest BCUT2D eigenvalue weighted by Crippen LogP contribution is -2.11. The molecule has 1 atom stereocenters. The van der Waals surface area contributed by atoms with E-state index in [1.165, 1.54) is 18.9 Å². The van der Waals surface area contributed by atoms with Gasteiger partial charge in [0.1, 0.15) is 16.7 Å². The number of para-hydroxylation sites is 1. The van der Waals surface area contributed by atoms with Crippen molar-refractivity contribution in [2.75, 3.05) is 26.5 Å². The third kappa shape index (κ3) is 4.29. The zero-order valence-electron chi connectivity index (χ0n) is 12.9. The number of anilines is 1. The van der Waals surface area contributed by atoms with Crippen LogP contribution in [0.4, 0.5) is 5.69 Å². The van der Waals surface area contributed by atoms with Gasteiger partial charge in [-0.25, -0.2) is 0 Å². The first-order valence-corrected chi connectivity index (χ1v) is 7.78. The van der Waals surface area contributed by atoms with Gasteiger partial charge in [0.2, 0.25) is 6.54 Å². The van der Waals surface area contributed by atoms with Crippen LogP contribution in [0.25, 0.3) is 0 Å². The van der Waals surface area contributed by atoms with Crippen molar-refractivity contribution in [3.63, 3.8) is 0 Å². The first-order valence-electron chi connectivity index (χ1n) is 6.90. The average Bonchev–Trinajstić information content (AvgIpc) is 2.55. The second kappa shape index (κ2) is 7.73. The van der Waals surface area contributed by atoms with Crippen molar-refractivity contribution in [3.8, 4) is 11.5 Å². The van der Waals surface area contributed by atoms with Crippen LogP contribution in [0.15, 0.2) is 47.4 Å². The maximum atomic E-state index is 11.1. The number of nitrogens with zero attached hydrogens (tertiary/aromatic N) is 1. The van der Waals surface area contributed by atoms with Gasteiger partial charge in [-0.15, -0.1) is 11.8 Å². The molecule has 0 amide bonds. The van der Waals surface area contributed by atoms with E-state index in [0.717, 1.165) is 10.5 Å². The fraction of sp³-hybridized carbons (Fsp3) is 0.250. The zero-order chi connectivity index (χ0) is 16.8. The Hall–Kier alpha value is -2.41. The molecule has 2 aromatic carbocycles. The molecule has 0 heterocycles. The van der Waals surface area contributed by atoms with Crippen LogP contribution in [0, 0.1) is 10.1 Å². The molecule has 0 aliphatic carbocycles. The molecule has 0 aliphatic rings. The normalized spacial score (nSPS) is 11.7. The van der Waals surface area contributed by atoms with Crippen molar-refractivity contribution in [3.05, 3.63) is 58.1 Å². The first kappa shape index (κ1) is 17.0. The van der Waals surface area contributed by atoms with Crippen molar-refractivity contribution in [2.45, 2.75) is 10.1 Å². The van der Waals surface area contributed by atoms with Gasteiger partial charge in [-0.05, 0) is 18.2 Å². The van der Waals surface area contributed by atoms with Gasteiger partial charge >= 0.3 is 0 Å². The quantitative estimate of drug-likeness (QED) is 0.361. The van der Waals surface area contributed by atoms with E-state index < -0.39 is 5.25 Å². The second-order valence-electron chi connectivity index (χ2n) is 4.77. The van der Waals surface area contributed by atoms with E-state index in [9.17, 15) is 10.1 Å². The molecule has 0 aliphatic heterocycles. The van der Waals surface area contributed by atoms with Crippen LogP contribution >= 0.6 is 11.8 Å². The lowest BCUT2D eigenvalue weighted by atomic mass is 10.1. The number of nitro groups is 1. The van der Waals surface area contributed by atoms with E-state index in [0.29, 0.717) is 17.2 Å². The summed E-state index contributed by atoms with van der Waals surface area (Å²) in [6, 6.07) is 12.6. The van der Waals surface area contributed by atoms with Gasteiger partial charge in [-0.3, -0.25) is 10.1 Å². The number of benzene rings is 2. The molecule has 0 spiro atoms. The summed E-state index contributed by atoms with van der Waals surface area (Å²) in [6.45, 7) is -0.234. The number of hydrogen-bond acceptors (Lipinski definition) is 6. The highest BCUT2D eigenvalue weighted by molar-refractivity contribution is 7.99. The van der Waals surface area contributed by atoms with Crippen LogP contribution < -0.4 is 15.2 Å². The maximum absolute atomic E-state index is 11.1. The predicted molar refractivity (Wildman–Crippen MR) is 90.9 cm³/mol. The molecule has 2 N–H and O–H groups in total. The SMILES string of the molecule is COc1ccc([C@H](C[N+](=O)[O-])Sc2ccccc2N)c(OC)c1. The highest BCUT2D eigenvalue weighted by Crippen LogP contribution is 2.42. The Morgan fingerprint density at radius 1 is 1.22 bits per heavy atom. The van der Waals surface area contributed by atoms with Crippen LogP contribution in [0.3, 0.4) is 0 Å². The van der Waals surface area contributed by atoms with Gasteiger partial charge in [0.25, 0.3) is 0 Å². The highest BCUT2D eigenvalue weighted by atomic mass is 32.2. The number of nitrogens with two attached hydrogens (primary N) is 1. The average molecular weight is 334 g/mol. The minimum absolute atomic E-state index is 0.234. The van der Waals surface area contributed by atoms with E-state index in [-0.39, 0.29) is 11.5 Å². The Morgan fingerprint density at radius 2 is 1.96 bits per heavy atom. The first-order chi connectivity index (χ1) is 11.0. The molecule has 23 heavy (non-hydrogen) atoms. The largest absolute Gasteiger partial charge is 0.497 e. The minimum atomic E-state index is -0.421. The molecular weight excluding hydrogens is 316 g/mol. The number of methoxy groups -OCH3 is 2. The van der Waals surface area contributed by atoms with E-state index in [1.807, 2.05) is 18.2 Å². The topological polar surface area (TPSA) is 87.6 Å². The maximum Gasteiger partial charge on any atom is 0.220 e. The molecule has 0 bridgehead atoms. The summed E-state index contributed by atoms with van der Waals surface area (Å²) < 4.78 is 10.5. The van der Waals surface area contributed by atoms with E-state index in [4.69, 9.17) is 15.2 Å².